The molecule has 2 atom stereocenters. The minimum atomic E-state index is -4.55. The van der Waals surface area contributed by atoms with Crippen LogP contribution in [0.1, 0.15) is 39.6 Å². The maximum atomic E-state index is 13.3. The van der Waals surface area contributed by atoms with Gasteiger partial charge in [0.05, 0.1) is 23.3 Å². The third kappa shape index (κ3) is 3.23. The zero-order chi connectivity index (χ0) is 18.2. The molecular formula is C17H14F3N3O2. The first-order chi connectivity index (χ1) is 11.8. The third-order valence-corrected chi connectivity index (χ3v) is 4.22. The van der Waals surface area contributed by atoms with E-state index in [-0.39, 0.29) is 29.8 Å². The van der Waals surface area contributed by atoms with Crippen molar-refractivity contribution in [3.63, 3.8) is 0 Å². The summed E-state index contributed by atoms with van der Waals surface area (Å²) in [5, 5.41) is 18.8. The summed E-state index contributed by atoms with van der Waals surface area (Å²) in [6.07, 6.45) is -4.11. The lowest BCUT2D eigenvalue weighted by Crippen LogP contribution is -2.32. The molecule has 8 heteroatoms. The average molecular weight is 349 g/mol. The zero-order valence-electron chi connectivity index (χ0n) is 12.9. The fraction of sp³-hybridized carbons (Fsp3) is 0.294. The van der Waals surface area contributed by atoms with E-state index < -0.39 is 29.8 Å². The fourth-order valence-electron chi connectivity index (χ4n) is 3.13. The van der Waals surface area contributed by atoms with Crippen LogP contribution in [0.4, 0.5) is 13.2 Å². The van der Waals surface area contributed by atoms with Crippen LogP contribution in [0.3, 0.4) is 0 Å². The monoisotopic (exact) mass is 349 g/mol. The number of H-pyrrole nitrogens is 1. The number of nitriles is 1. The molecule has 130 valence electrons. The number of hydrogen-bond donors (Lipinski definition) is 2. The molecule has 25 heavy (non-hydrogen) atoms. The topological polar surface area (TPSA) is 80.1 Å². The van der Waals surface area contributed by atoms with E-state index in [0.29, 0.717) is 0 Å². The Morgan fingerprint density at radius 3 is 2.72 bits per heavy atom. The van der Waals surface area contributed by atoms with Crippen molar-refractivity contribution in [1.82, 2.24) is 9.88 Å². The van der Waals surface area contributed by atoms with Gasteiger partial charge in [0.2, 0.25) is 0 Å². The number of alkyl halides is 3. The second kappa shape index (κ2) is 6.26. The number of aromatic amines is 1. The van der Waals surface area contributed by atoms with Gasteiger partial charge < -0.3 is 15.0 Å². The van der Waals surface area contributed by atoms with Crippen LogP contribution in [0.15, 0.2) is 36.5 Å². The largest absolute Gasteiger partial charge is 0.416 e. The molecule has 0 spiro atoms. The Morgan fingerprint density at radius 2 is 2.08 bits per heavy atom. The van der Waals surface area contributed by atoms with Gasteiger partial charge in [0.25, 0.3) is 5.91 Å². The number of carbonyl (C=O) groups is 1. The van der Waals surface area contributed by atoms with E-state index in [9.17, 15) is 23.1 Å². The number of β-amino-alcohol motifs (C(OH)–C–C–N with tert-alkyl or cyclic N) is 1. The molecule has 5 nitrogen and oxygen atoms in total. The highest BCUT2D eigenvalue weighted by Gasteiger charge is 2.41. The normalized spacial score (nSPS) is 20.5. The summed E-state index contributed by atoms with van der Waals surface area (Å²) in [7, 11) is 0. The summed E-state index contributed by atoms with van der Waals surface area (Å²) in [4.78, 5) is 16.5. The smallest absolute Gasteiger partial charge is 0.391 e. The van der Waals surface area contributed by atoms with Crippen molar-refractivity contribution in [3.05, 3.63) is 58.9 Å². The molecule has 1 aliphatic heterocycles. The van der Waals surface area contributed by atoms with Crippen molar-refractivity contribution in [3.8, 4) is 6.07 Å². The van der Waals surface area contributed by atoms with Crippen LogP contribution >= 0.6 is 0 Å². The molecule has 1 aromatic carbocycles. The van der Waals surface area contributed by atoms with Gasteiger partial charge in [-0.05, 0) is 24.1 Å². The molecule has 1 aromatic heterocycles. The van der Waals surface area contributed by atoms with Crippen LogP contribution in [0, 0.1) is 11.3 Å². The van der Waals surface area contributed by atoms with E-state index in [1.54, 1.807) is 0 Å². The molecule has 1 fully saturated rings. The number of amides is 1. The van der Waals surface area contributed by atoms with Crippen molar-refractivity contribution in [2.75, 3.05) is 6.54 Å². The van der Waals surface area contributed by atoms with E-state index in [1.165, 1.54) is 35.4 Å². The first kappa shape index (κ1) is 17.0. The van der Waals surface area contributed by atoms with Crippen LogP contribution in [-0.2, 0) is 6.18 Å². The molecule has 0 saturated carbocycles. The van der Waals surface area contributed by atoms with Crippen LogP contribution in [0.5, 0.6) is 0 Å². The number of hydrogen-bond acceptors (Lipinski definition) is 3. The Morgan fingerprint density at radius 1 is 1.36 bits per heavy atom. The summed E-state index contributed by atoms with van der Waals surface area (Å²) in [5.74, 6) is -0.531. The Balaban J connectivity index is 1.98. The first-order valence-electron chi connectivity index (χ1n) is 7.55. The molecule has 2 aromatic rings. The van der Waals surface area contributed by atoms with E-state index in [1.807, 2.05) is 6.07 Å². The molecule has 3 rings (SSSR count). The van der Waals surface area contributed by atoms with Crippen LogP contribution < -0.4 is 0 Å². The minimum absolute atomic E-state index is 0.0222. The van der Waals surface area contributed by atoms with Gasteiger partial charge in [-0.1, -0.05) is 18.2 Å². The molecule has 0 radical (unpaired) electrons. The van der Waals surface area contributed by atoms with Gasteiger partial charge in [-0.15, -0.1) is 0 Å². The summed E-state index contributed by atoms with van der Waals surface area (Å²) in [6, 6.07) is 7.34. The highest BCUT2D eigenvalue weighted by atomic mass is 19.4. The van der Waals surface area contributed by atoms with E-state index in [2.05, 4.69) is 4.98 Å². The predicted octanol–water partition coefficient (Wildman–Crippen LogP) is 2.85. The molecule has 1 amide bonds. The molecule has 0 bridgehead atoms. The van der Waals surface area contributed by atoms with E-state index >= 15 is 0 Å². The van der Waals surface area contributed by atoms with E-state index in [0.717, 1.165) is 6.07 Å². The molecule has 2 N–H and O–H groups in total. The standard InChI is InChI=1S/C17H14F3N3O2/c18-17(19,20)14-4-2-1-3-13(14)15-6-12(24)9-23(15)16(25)10-5-11(7-21)22-8-10/h1-5,8,12,15,22,24H,6,9H2/t12-,15+/m1/s1. The van der Waals surface area contributed by atoms with Gasteiger partial charge in [-0.25, -0.2) is 0 Å². The third-order valence-electron chi connectivity index (χ3n) is 4.22. The number of halogens is 3. The highest BCUT2D eigenvalue weighted by molar-refractivity contribution is 5.95. The van der Waals surface area contributed by atoms with Crippen molar-refractivity contribution in [2.45, 2.75) is 24.7 Å². The fourth-order valence-corrected chi connectivity index (χ4v) is 3.13. The zero-order valence-corrected chi connectivity index (χ0v) is 12.9. The van der Waals surface area contributed by atoms with Crippen molar-refractivity contribution in [2.24, 2.45) is 0 Å². The Hall–Kier alpha value is -2.79. The number of aromatic nitrogens is 1. The summed E-state index contributed by atoms with van der Waals surface area (Å²) >= 11 is 0. The lowest BCUT2D eigenvalue weighted by molar-refractivity contribution is -0.138. The molecule has 1 aliphatic rings. The SMILES string of the molecule is N#Cc1cc(C(=O)N2C[C@H](O)C[C@H]2c2ccccc2C(F)(F)F)c[nH]1. The molecule has 2 heterocycles. The van der Waals surface area contributed by atoms with Crippen LogP contribution in [0.25, 0.3) is 0 Å². The Kier molecular flexibility index (Phi) is 4.27. The van der Waals surface area contributed by atoms with E-state index in [4.69, 9.17) is 5.26 Å². The molecule has 0 unspecified atom stereocenters. The number of benzene rings is 1. The number of carbonyl (C=O) groups excluding carboxylic acids is 1. The number of nitrogens with one attached hydrogen (secondary N) is 1. The number of rotatable bonds is 2. The Bertz CT molecular complexity index is 838. The lowest BCUT2D eigenvalue weighted by atomic mass is 9.97. The van der Waals surface area contributed by atoms with Crippen molar-refractivity contribution >= 4 is 5.91 Å². The van der Waals surface area contributed by atoms with Crippen molar-refractivity contribution < 1.29 is 23.1 Å². The highest BCUT2D eigenvalue weighted by Crippen LogP contribution is 2.40. The van der Waals surface area contributed by atoms with Gasteiger partial charge in [-0.2, -0.15) is 18.4 Å². The number of aliphatic hydroxyl groups excluding tert-OH is 1. The molecule has 1 saturated heterocycles. The molecular weight excluding hydrogens is 335 g/mol. The molecule has 0 aliphatic carbocycles. The second-order valence-electron chi connectivity index (χ2n) is 5.86. The summed E-state index contributed by atoms with van der Waals surface area (Å²) in [5.41, 5.74) is -0.523. The van der Waals surface area contributed by atoms with Gasteiger partial charge in [-0.3, -0.25) is 4.79 Å². The quantitative estimate of drug-likeness (QED) is 0.875. The van der Waals surface area contributed by atoms with Gasteiger partial charge in [0.1, 0.15) is 11.8 Å². The number of likely N-dealkylation sites (tertiary alicyclic amines) is 1. The number of nitrogens with zero attached hydrogens (tertiary/aromatic N) is 2. The summed E-state index contributed by atoms with van der Waals surface area (Å²) in [6.45, 7) is -0.0667. The maximum Gasteiger partial charge on any atom is 0.416 e. The second-order valence-corrected chi connectivity index (χ2v) is 5.86. The van der Waals surface area contributed by atoms with Crippen LogP contribution in [-0.4, -0.2) is 33.5 Å². The van der Waals surface area contributed by atoms with Gasteiger partial charge in [0.15, 0.2) is 0 Å². The van der Waals surface area contributed by atoms with Gasteiger partial charge in [0, 0.05) is 12.7 Å². The van der Waals surface area contributed by atoms with Crippen molar-refractivity contribution in [1.29, 1.82) is 5.26 Å². The maximum absolute atomic E-state index is 13.3. The predicted molar refractivity (Wildman–Crippen MR) is 81.4 cm³/mol. The minimum Gasteiger partial charge on any atom is -0.391 e. The lowest BCUT2D eigenvalue weighted by Gasteiger charge is -2.26. The van der Waals surface area contributed by atoms with Crippen LogP contribution in [0.2, 0.25) is 0 Å². The first-order valence-corrected chi connectivity index (χ1v) is 7.55. The Labute approximate surface area is 141 Å². The summed E-state index contributed by atoms with van der Waals surface area (Å²) < 4.78 is 39.9. The average Bonchev–Trinajstić information content (AvgIpc) is 3.20. The number of aliphatic hydroxyl groups is 1. The van der Waals surface area contributed by atoms with Gasteiger partial charge >= 0.3 is 6.18 Å².